The molecule has 1 fully saturated rings. The molecule has 1 saturated heterocycles. The van der Waals surface area contributed by atoms with E-state index in [0.29, 0.717) is 6.04 Å². The van der Waals surface area contributed by atoms with Crippen LogP contribution in [0.4, 0.5) is 0 Å². The number of unbranched alkanes of at least 4 members (excludes halogenated alkanes) is 3. The van der Waals surface area contributed by atoms with Crippen molar-refractivity contribution in [3.63, 3.8) is 0 Å². The number of rotatable bonds is 9. The van der Waals surface area contributed by atoms with E-state index in [1.54, 1.807) is 0 Å². The van der Waals surface area contributed by atoms with E-state index in [-0.39, 0.29) is 5.60 Å². The predicted molar refractivity (Wildman–Crippen MR) is 76.0 cm³/mol. The second-order valence-corrected chi connectivity index (χ2v) is 5.34. The average Bonchev–Trinajstić information content (AvgIpc) is 2.43. The fourth-order valence-electron chi connectivity index (χ4n) is 2.98. The first-order valence-electron chi connectivity index (χ1n) is 7.65. The molecule has 0 radical (unpaired) electrons. The highest BCUT2D eigenvalue weighted by atomic mass is 16.5. The number of ether oxygens (including phenoxy) is 2. The molecule has 108 valence electrons. The van der Waals surface area contributed by atoms with E-state index in [0.717, 1.165) is 32.6 Å². The zero-order chi connectivity index (χ0) is 13.3. The van der Waals surface area contributed by atoms with Gasteiger partial charge < -0.3 is 14.8 Å². The number of methoxy groups -OCH3 is 1. The third-order valence-electron chi connectivity index (χ3n) is 4.18. The number of nitrogens with one attached hydrogen (secondary N) is 1. The van der Waals surface area contributed by atoms with Crippen LogP contribution in [0.2, 0.25) is 0 Å². The van der Waals surface area contributed by atoms with Crippen molar-refractivity contribution in [1.82, 2.24) is 5.32 Å². The Balaban J connectivity index is 2.50. The molecule has 1 unspecified atom stereocenters. The third kappa shape index (κ3) is 4.52. The van der Waals surface area contributed by atoms with Gasteiger partial charge in [-0.3, -0.25) is 0 Å². The van der Waals surface area contributed by atoms with Gasteiger partial charge in [-0.1, -0.05) is 39.5 Å². The first-order chi connectivity index (χ1) is 8.79. The van der Waals surface area contributed by atoms with Crippen LogP contribution < -0.4 is 5.32 Å². The second-order valence-electron chi connectivity index (χ2n) is 5.34. The molecule has 0 aromatic carbocycles. The van der Waals surface area contributed by atoms with Crippen LogP contribution in [-0.4, -0.2) is 38.5 Å². The molecule has 1 atom stereocenters. The molecule has 1 aliphatic rings. The van der Waals surface area contributed by atoms with E-state index in [1.165, 1.54) is 32.1 Å². The van der Waals surface area contributed by atoms with Crippen molar-refractivity contribution in [3.05, 3.63) is 0 Å². The van der Waals surface area contributed by atoms with Crippen molar-refractivity contribution in [2.75, 3.05) is 26.9 Å². The Bertz CT molecular complexity index is 203. The minimum atomic E-state index is 0.000471. The zero-order valence-corrected chi connectivity index (χ0v) is 12.5. The van der Waals surface area contributed by atoms with Crippen molar-refractivity contribution in [2.24, 2.45) is 0 Å². The Morgan fingerprint density at radius 3 is 2.44 bits per heavy atom. The molecule has 0 aromatic heterocycles. The lowest BCUT2D eigenvalue weighted by Crippen LogP contribution is -2.55. The summed E-state index contributed by atoms with van der Waals surface area (Å²) >= 11 is 0. The highest BCUT2D eigenvalue weighted by molar-refractivity contribution is 4.94. The molecule has 0 aliphatic carbocycles. The van der Waals surface area contributed by atoms with Crippen LogP contribution in [0.15, 0.2) is 0 Å². The summed E-state index contributed by atoms with van der Waals surface area (Å²) in [5, 5.41) is 3.64. The Morgan fingerprint density at radius 2 is 1.89 bits per heavy atom. The number of hydrogen-bond donors (Lipinski definition) is 1. The van der Waals surface area contributed by atoms with Crippen molar-refractivity contribution in [1.29, 1.82) is 0 Å². The molecule has 18 heavy (non-hydrogen) atoms. The zero-order valence-electron chi connectivity index (χ0n) is 12.5. The SMILES string of the molecule is CCCCCCC(NCC)C1(OC)CCOCC1. The quantitative estimate of drug-likeness (QED) is 0.644. The van der Waals surface area contributed by atoms with Crippen LogP contribution in [0.5, 0.6) is 0 Å². The molecular formula is C15H31NO2. The first kappa shape index (κ1) is 15.9. The van der Waals surface area contributed by atoms with Crippen molar-refractivity contribution >= 4 is 0 Å². The molecule has 0 aromatic rings. The minimum absolute atomic E-state index is 0.000471. The van der Waals surface area contributed by atoms with Gasteiger partial charge in [-0.15, -0.1) is 0 Å². The Labute approximate surface area is 113 Å². The van der Waals surface area contributed by atoms with Gasteiger partial charge >= 0.3 is 0 Å². The summed E-state index contributed by atoms with van der Waals surface area (Å²) in [7, 11) is 1.86. The van der Waals surface area contributed by atoms with Gasteiger partial charge in [0.15, 0.2) is 0 Å². The maximum atomic E-state index is 5.91. The summed E-state index contributed by atoms with van der Waals surface area (Å²) in [5.41, 5.74) is 0.000471. The summed E-state index contributed by atoms with van der Waals surface area (Å²) in [6, 6.07) is 0.480. The smallest absolute Gasteiger partial charge is 0.0874 e. The number of likely N-dealkylation sites (N-methyl/N-ethyl adjacent to an activating group) is 1. The van der Waals surface area contributed by atoms with Crippen LogP contribution >= 0.6 is 0 Å². The van der Waals surface area contributed by atoms with Crippen molar-refractivity contribution in [3.8, 4) is 0 Å². The molecule has 0 amide bonds. The van der Waals surface area contributed by atoms with Gasteiger partial charge in [-0.2, -0.15) is 0 Å². The molecule has 1 heterocycles. The summed E-state index contributed by atoms with van der Waals surface area (Å²) in [6.45, 7) is 7.14. The van der Waals surface area contributed by atoms with Gasteiger partial charge in [0, 0.05) is 39.2 Å². The lowest BCUT2D eigenvalue weighted by Gasteiger charge is -2.42. The Hall–Kier alpha value is -0.120. The largest absolute Gasteiger partial charge is 0.381 e. The summed E-state index contributed by atoms with van der Waals surface area (Å²) in [5.74, 6) is 0. The van der Waals surface area contributed by atoms with E-state index >= 15 is 0 Å². The molecule has 0 bridgehead atoms. The molecule has 1 rings (SSSR count). The molecule has 3 nitrogen and oxygen atoms in total. The third-order valence-corrected chi connectivity index (χ3v) is 4.18. The maximum Gasteiger partial charge on any atom is 0.0874 e. The highest BCUT2D eigenvalue weighted by Gasteiger charge is 2.39. The van der Waals surface area contributed by atoms with Gasteiger partial charge in [-0.25, -0.2) is 0 Å². The van der Waals surface area contributed by atoms with Crippen molar-refractivity contribution < 1.29 is 9.47 Å². The normalized spacial score (nSPS) is 20.8. The number of hydrogen-bond acceptors (Lipinski definition) is 3. The van der Waals surface area contributed by atoms with Crippen LogP contribution in [0, 0.1) is 0 Å². The van der Waals surface area contributed by atoms with Gasteiger partial charge in [0.05, 0.1) is 5.60 Å². The van der Waals surface area contributed by atoms with E-state index < -0.39 is 0 Å². The van der Waals surface area contributed by atoms with Gasteiger partial charge in [0.2, 0.25) is 0 Å². The predicted octanol–water partition coefficient (Wildman–Crippen LogP) is 3.13. The van der Waals surface area contributed by atoms with E-state index in [4.69, 9.17) is 9.47 Å². The van der Waals surface area contributed by atoms with Crippen LogP contribution in [0.1, 0.15) is 58.8 Å². The maximum absolute atomic E-state index is 5.91. The summed E-state index contributed by atoms with van der Waals surface area (Å²) in [6.07, 6.45) is 8.56. The van der Waals surface area contributed by atoms with Crippen molar-refractivity contribution in [2.45, 2.75) is 70.4 Å². The molecule has 0 spiro atoms. The lowest BCUT2D eigenvalue weighted by molar-refractivity contribution is -0.111. The average molecular weight is 257 g/mol. The fourth-order valence-corrected chi connectivity index (χ4v) is 2.98. The summed E-state index contributed by atoms with van der Waals surface area (Å²) in [4.78, 5) is 0. The topological polar surface area (TPSA) is 30.5 Å². The van der Waals surface area contributed by atoms with E-state index in [9.17, 15) is 0 Å². The van der Waals surface area contributed by atoms with Gasteiger partial charge in [0.25, 0.3) is 0 Å². The second kappa shape index (κ2) is 8.89. The van der Waals surface area contributed by atoms with E-state index in [2.05, 4.69) is 19.2 Å². The fraction of sp³-hybridized carbons (Fsp3) is 1.00. The lowest BCUT2D eigenvalue weighted by atomic mass is 9.83. The molecule has 3 heteroatoms. The Kier molecular flexibility index (Phi) is 7.87. The summed E-state index contributed by atoms with van der Waals surface area (Å²) < 4.78 is 11.4. The van der Waals surface area contributed by atoms with Crippen LogP contribution in [-0.2, 0) is 9.47 Å². The Morgan fingerprint density at radius 1 is 1.17 bits per heavy atom. The monoisotopic (exact) mass is 257 g/mol. The highest BCUT2D eigenvalue weighted by Crippen LogP contribution is 2.31. The standard InChI is InChI=1S/C15H31NO2/c1-4-6-7-8-9-14(16-5-2)15(17-3)10-12-18-13-11-15/h14,16H,4-13H2,1-3H3. The van der Waals surface area contributed by atoms with Gasteiger partial charge in [-0.05, 0) is 13.0 Å². The molecule has 1 aliphatic heterocycles. The first-order valence-corrected chi connectivity index (χ1v) is 7.65. The van der Waals surface area contributed by atoms with Gasteiger partial charge in [0.1, 0.15) is 0 Å². The molecule has 1 N–H and O–H groups in total. The minimum Gasteiger partial charge on any atom is -0.381 e. The molecule has 0 saturated carbocycles. The van der Waals surface area contributed by atoms with Crippen LogP contribution in [0.3, 0.4) is 0 Å². The van der Waals surface area contributed by atoms with Crippen LogP contribution in [0.25, 0.3) is 0 Å². The van der Waals surface area contributed by atoms with E-state index in [1.807, 2.05) is 7.11 Å². The molecular weight excluding hydrogens is 226 g/mol.